The quantitative estimate of drug-likeness (QED) is 0.534. The highest BCUT2D eigenvalue weighted by Gasteiger charge is 2.69. The fourth-order valence-corrected chi connectivity index (χ4v) is 1.90. The van der Waals surface area contributed by atoms with E-state index in [1.165, 1.54) is 0 Å². The minimum Gasteiger partial charge on any atom is -0.309 e. The highest BCUT2D eigenvalue weighted by molar-refractivity contribution is 5.00. The second-order valence-corrected chi connectivity index (χ2v) is 5.73. The van der Waals surface area contributed by atoms with Gasteiger partial charge in [-0.15, -0.1) is 0 Å². The Bertz CT molecular complexity index is 403. The molecule has 2 unspecified atom stereocenters. The van der Waals surface area contributed by atoms with E-state index < -0.39 is 48.2 Å². The van der Waals surface area contributed by atoms with Gasteiger partial charge in [0.1, 0.15) is 0 Å². The maximum absolute atomic E-state index is 13.7. The zero-order valence-electron chi connectivity index (χ0n) is 12.5. The van der Waals surface area contributed by atoms with Crippen LogP contribution in [0.2, 0.25) is 0 Å². The smallest absolute Gasteiger partial charge is 0.309 e. The van der Waals surface area contributed by atoms with Crippen molar-refractivity contribution < 1.29 is 48.6 Å². The normalized spacial score (nSPS) is 18.9. The average Bonchev–Trinajstić information content (AvgIpc) is 2.33. The molecule has 0 N–H and O–H groups in total. The third-order valence-electron chi connectivity index (χ3n) is 4.00. The van der Waals surface area contributed by atoms with Crippen LogP contribution in [-0.4, -0.2) is 36.4 Å². The highest BCUT2D eigenvalue weighted by Crippen LogP contribution is 2.51. The second-order valence-electron chi connectivity index (χ2n) is 5.73. The monoisotopic (exact) mass is 366 g/mol. The van der Waals surface area contributed by atoms with Gasteiger partial charge in [0.05, 0.1) is 5.60 Å². The molecule has 0 bridgehead atoms. The van der Waals surface area contributed by atoms with Crippen LogP contribution < -0.4 is 0 Å². The molecule has 0 radical (unpaired) electrons. The van der Waals surface area contributed by atoms with Gasteiger partial charge in [0.15, 0.2) is 0 Å². The Morgan fingerprint density at radius 2 is 1.22 bits per heavy atom. The number of halogens is 10. The molecule has 0 aliphatic rings. The Balaban J connectivity index is 5.78. The van der Waals surface area contributed by atoms with Crippen molar-refractivity contribution in [1.82, 2.24) is 0 Å². The SMILES string of the molecule is CCC(C)(C(F)C(F)(F)F)C(C)(C)OC(F)(F)C(F)(F)C(F)F. The van der Waals surface area contributed by atoms with Gasteiger partial charge in [-0.2, -0.15) is 30.7 Å². The minimum absolute atomic E-state index is 0.504. The van der Waals surface area contributed by atoms with Gasteiger partial charge in [-0.1, -0.05) is 13.8 Å². The standard InChI is InChI=1S/C12H16F10O/c1-5-9(4,6(13)11(18,19)20)8(2,3)23-12(21,22)10(16,17)7(14)15/h6-7H,5H2,1-4H3. The summed E-state index contributed by atoms with van der Waals surface area (Å²) in [5.74, 6) is -5.96. The summed E-state index contributed by atoms with van der Waals surface area (Å²) in [6.45, 7) is 2.56. The van der Waals surface area contributed by atoms with Gasteiger partial charge in [0.25, 0.3) is 0 Å². The molecule has 0 aliphatic carbocycles. The van der Waals surface area contributed by atoms with E-state index >= 15 is 0 Å². The van der Waals surface area contributed by atoms with Crippen molar-refractivity contribution in [2.24, 2.45) is 5.41 Å². The number of rotatable bonds is 7. The third-order valence-corrected chi connectivity index (χ3v) is 4.00. The minimum atomic E-state index is -5.96. The van der Waals surface area contributed by atoms with Gasteiger partial charge in [-0.3, -0.25) is 0 Å². The molecule has 1 nitrogen and oxygen atoms in total. The van der Waals surface area contributed by atoms with Crippen molar-refractivity contribution in [3.8, 4) is 0 Å². The van der Waals surface area contributed by atoms with E-state index in [1.54, 1.807) is 0 Å². The summed E-state index contributed by atoms with van der Waals surface area (Å²) >= 11 is 0. The predicted octanol–water partition coefficient (Wildman–Crippen LogP) is 5.59. The van der Waals surface area contributed by atoms with Crippen LogP contribution in [0, 0.1) is 5.41 Å². The van der Waals surface area contributed by atoms with Crippen LogP contribution >= 0.6 is 0 Å². The lowest BCUT2D eigenvalue weighted by Crippen LogP contribution is -2.60. The summed E-state index contributed by atoms with van der Waals surface area (Å²) < 4.78 is 131. The van der Waals surface area contributed by atoms with Crippen molar-refractivity contribution in [2.75, 3.05) is 0 Å². The molecule has 0 aromatic carbocycles. The molecule has 0 saturated carbocycles. The Morgan fingerprint density at radius 1 is 0.826 bits per heavy atom. The molecule has 23 heavy (non-hydrogen) atoms. The lowest BCUT2D eigenvalue weighted by atomic mass is 9.69. The maximum Gasteiger partial charge on any atom is 0.425 e. The molecular weight excluding hydrogens is 350 g/mol. The van der Waals surface area contributed by atoms with Gasteiger partial charge >= 0.3 is 24.6 Å². The number of hydrogen-bond donors (Lipinski definition) is 0. The fraction of sp³-hybridized carbons (Fsp3) is 1.00. The topological polar surface area (TPSA) is 9.23 Å². The van der Waals surface area contributed by atoms with Crippen molar-refractivity contribution >= 4 is 0 Å². The first-order valence-corrected chi connectivity index (χ1v) is 6.31. The van der Waals surface area contributed by atoms with Crippen molar-refractivity contribution in [3.63, 3.8) is 0 Å². The first-order chi connectivity index (χ1) is 9.87. The lowest BCUT2D eigenvalue weighted by molar-refractivity contribution is -0.414. The van der Waals surface area contributed by atoms with E-state index in [0.717, 1.165) is 6.92 Å². The maximum atomic E-state index is 13.7. The number of ether oxygens (including phenoxy) is 1. The van der Waals surface area contributed by atoms with Crippen molar-refractivity contribution in [1.29, 1.82) is 0 Å². The molecule has 140 valence electrons. The van der Waals surface area contributed by atoms with Crippen LogP contribution in [0.15, 0.2) is 0 Å². The Kier molecular flexibility index (Phi) is 6.08. The average molecular weight is 366 g/mol. The zero-order valence-corrected chi connectivity index (χ0v) is 12.5. The van der Waals surface area contributed by atoms with E-state index in [4.69, 9.17) is 0 Å². The molecule has 0 amide bonds. The van der Waals surface area contributed by atoms with Crippen LogP contribution in [0.3, 0.4) is 0 Å². The molecular formula is C12H16F10O. The van der Waals surface area contributed by atoms with Crippen LogP contribution in [0.25, 0.3) is 0 Å². The molecule has 0 heterocycles. The van der Waals surface area contributed by atoms with Crippen LogP contribution in [0.5, 0.6) is 0 Å². The molecule has 0 fully saturated rings. The Labute approximate surface area is 126 Å². The van der Waals surface area contributed by atoms with E-state index in [0.29, 0.717) is 20.8 Å². The summed E-state index contributed by atoms with van der Waals surface area (Å²) in [5, 5.41) is 0. The van der Waals surface area contributed by atoms with Crippen LogP contribution in [-0.2, 0) is 4.74 Å². The van der Waals surface area contributed by atoms with Gasteiger partial charge in [0, 0.05) is 5.41 Å². The van der Waals surface area contributed by atoms with E-state index in [2.05, 4.69) is 4.74 Å². The van der Waals surface area contributed by atoms with Crippen LogP contribution in [0.1, 0.15) is 34.1 Å². The van der Waals surface area contributed by atoms with Gasteiger partial charge in [-0.25, -0.2) is 13.2 Å². The van der Waals surface area contributed by atoms with E-state index in [-0.39, 0.29) is 0 Å². The number of alkyl halides is 10. The molecule has 0 aromatic rings. The lowest BCUT2D eigenvalue weighted by Gasteiger charge is -2.47. The van der Waals surface area contributed by atoms with E-state index in [9.17, 15) is 43.9 Å². The number of hydrogen-bond acceptors (Lipinski definition) is 1. The predicted molar refractivity (Wildman–Crippen MR) is 60.4 cm³/mol. The zero-order chi connectivity index (χ0) is 19.1. The molecule has 0 spiro atoms. The summed E-state index contributed by atoms with van der Waals surface area (Å²) in [6.07, 6.45) is -20.6. The first kappa shape index (κ1) is 22.3. The molecule has 0 rings (SSSR count). The largest absolute Gasteiger partial charge is 0.425 e. The summed E-state index contributed by atoms with van der Waals surface area (Å²) in [6, 6.07) is 0. The second kappa shape index (κ2) is 6.29. The van der Waals surface area contributed by atoms with Crippen LogP contribution in [0.4, 0.5) is 43.9 Å². The molecule has 0 aromatic heterocycles. The van der Waals surface area contributed by atoms with Crippen molar-refractivity contribution in [3.05, 3.63) is 0 Å². The summed E-state index contributed by atoms with van der Waals surface area (Å²) in [4.78, 5) is 0. The summed E-state index contributed by atoms with van der Waals surface area (Å²) in [5.41, 5.74) is -5.58. The first-order valence-electron chi connectivity index (χ1n) is 6.31. The van der Waals surface area contributed by atoms with Gasteiger partial charge < -0.3 is 4.74 Å². The molecule has 11 heteroatoms. The van der Waals surface area contributed by atoms with E-state index in [1.807, 2.05) is 0 Å². The van der Waals surface area contributed by atoms with Gasteiger partial charge in [0.2, 0.25) is 6.17 Å². The van der Waals surface area contributed by atoms with Gasteiger partial charge in [-0.05, 0) is 20.3 Å². The van der Waals surface area contributed by atoms with Crippen molar-refractivity contribution in [2.45, 2.75) is 70.5 Å². The molecule has 0 aliphatic heterocycles. The Hall–Kier alpha value is -0.740. The third kappa shape index (κ3) is 4.03. The molecule has 0 saturated heterocycles. The molecule has 2 atom stereocenters. The highest BCUT2D eigenvalue weighted by atomic mass is 19.4. The fourth-order valence-electron chi connectivity index (χ4n) is 1.90. The Morgan fingerprint density at radius 3 is 1.48 bits per heavy atom. The summed E-state index contributed by atoms with van der Waals surface area (Å²) in [7, 11) is 0.